The van der Waals surface area contributed by atoms with Gasteiger partial charge in [-0.15, -0.1) is 0 Å². The van der Waals surface area contributed by atoms with Gasteiger partial charge in [-0.3, -0.25) is 0 Å². The number of nitrogens with one attached hydrogen (secondary N) is 2. The van der Waals surface area contributed by atoms with E-state index in [0.29, 0.717) is 0 Å². The molecule has 1 aromatic rings. The smallest absolute Gasteiger partial charge is 0.434 e. The number of nitro groups is 1. The highest BCUT2D eigenvalue weighted by molar-refractivity contribution is 5.68. The summed E-state index contributed by atoms with van der Waals surface area (Å²) in [6, 6.07) is 0. The molecule has 0 aliphatic heterocycles. The van der Waals surface area contributed by atoms with Crippen LogP contribution in [0.2, 0.25) is 0 Å². The first-order chi connectivity index (χ1) is 14.2. The Morgan fingerprint density at radius 2 is 1.61 bits per heavy atom. The third-order valence-corrected chi connectivity index (χ3v) is 3.74. The van der Waals surface area contributed by atoms with Crippen molar-refractivity contribution in [3.05, 3.63) is 22.5 Å². The van der Waals surface area contributed by atoms with Crippen molar-refractivity contribution in [2.75, 3.05) is 13.1 Å². The third-order valence-electron chi connectivity index (χ3n) is 3.74. The monoisotopic (exact) mass is 443 g/mol. The molecule has 0 fully saturated rings. The lowest BCUT2D eigenvalue weighted by atomic mass is 10.0. The number of imidazole rings is 1. The molecule has 0 radical (unpaired) electrons. The molecule has 3 N–H and O–H groups in total. The highest BCUT2D eigenvalue weighted by Gasteiger charge is 2.24. The Bertz CT molecular complexity index is 720. The molecule has 0 aliphatic carbocycles. The van der Waals surface area contributed by atoms with E-state index >= 15 is 0 Å². The van der Waals surface area contributed by atoms with Crippen LogP contribution in [0.15, 0.2) is 12.4 Å². The average molecular weight is 444 g/mol. The van der Waals surface area contributed by atoms with Gasteiger partial charge in [0.2, 0.25) is 0 Å². The van der Waals surface area contributed by atoms with Gasteiger partial charge in [0.25, 0.3) is 0 Å². The van der Waals surface area contributed by atoms with Crippen LogP contribution in [-0.4, -0.2) is 62.2 Å². The molecular weight excluding hydrogens is 410 g/mol. The normalized spacial score (nSPS) is 12.9. The van der Waals surface area contributed by atoms with Gasteiger partial charge in [0, 0.05) is 13.1 Å². The van der Waals surface area contributed by atoms with Crippen molar-refractivity contribution >= 4 is 18.1 Å². The number of rotatable bonds is 9. The van der Waals surface area contributed by atoms with Gasteiger partial charge in [0.15, 0.2) is 0 Å². The number of aromatic nitrogens is 2. The average Bonchev–Trinajstić information content (AvgIpc) is 3.02. The maximum atomic E-state index is 12.0. The van der Waals surface area contributed by atoms with Crippen molar-refractivity contribution in [2.45, 2.75) is 71.8 Å². The van der Waals surface area contributed by atoms with Crippen LogP contribution < -0.4 is 10.6 Å². The zero-order valence-electron chi connectivity index (χ0n) is 18.9. The third kappa shape index (κ3) is 11.2. The minimum atomic E-state index is -0.987. The molecule has 1 aromatic heterocycles. The first-order valence-corrected chi connectivity index (χ1v) is 9.93. The van der Waals surface area contributed by atoms with Crippen molar-refractivity contribution in [1.82, 2.24) is 20.2 Å². The first-order valence-electron chi connectivity index (χ1n) is 9.93. The quantitative estimate of drug-likeness (QED) is 0.387. The summed E-state index contributed by atoms with van der Waals surface area (Å²) in [6.07, 6.45) is 0.564. The number of amides is 2. The van der Waals surface area contributed by atoms with Gasteiger partial charge < -0.3 is 35.3 Å². The molecule has 1 heterocycles. The molecule has 12 nitrogen and oxygen atoms in total. The summed E-state index contributed by atoms with van der Waals surface area (Å²) in [6.45, 7) is 10.5. The van der Waals surface area contributed by atoms with Crippen molar-refractivity contribution in [2.24, 2.45) is 5.92 Å². The lowest BCUT2D eigenvalue weighted by molar-refractivity contribution is -0.397. The summed E-state index contributed by atoms with van der Waals surface area (Å²) in [5.74, 6) is -0.771. The zero-order valence-corrected chi connectivity index (χ0v) is 18.9. The number of carbonyl (C=O) groups is 2. The van der Waals surface area contributed by atoms with Crippen LogP contribution in [0.1, 0.15) is 48.0 Å². The molecule has 1 unspecified atom stereocenters. The van der Waals surface area contributed by atoms with Crippen LogP contribution in [0.3, 0.4) is 0 Å². The molecule has 2 amide bonds. The number of hydrogen-bond acceptors (Lipinski definition) is 8. The van der Waals surface area contributed by atoms with Gasteiger partial charge in [-0.05, 0) is 58.8 Å². The first kappa shape index (κ1) is 26.1. The number of aliphatic hydroxyl groups is 1. The molecule has 0 saturated heterocycles. The zero-order chi connectivity index (χ0) is 23.8. The highest BCUT2D eigenvalue weighted by atomic mass is 16.6. The molecule has 176 valence electrons. The molecule has 0 saturated carbocycles. The minimum Gasteiger partial charge on any atom is -0.444 e. The number of alkyl carbamates (subject to hydrolysis) is 2. The Kier molecular flexibility index (Phi) is 9.22. The van der Waals surface area contributed by atoms with E-state index in [4.69, 9.17) is 9.47 Å². The topological polar surface area (TPSA) is 158 Å². The molecule has 12 heteroatoms. The van der Waals surface area contributed by atoms with E-state index in [1.165, 1.54) is 17.0 Å². The van der Waals surface area contributed by atoms with Crippen molar-refractivity contribution in [3.63, 3.8) is 0 Å². The second-order valence-electron chi connectivity index (χ2n) is 9.16. The summed E-state index contributed by atoms with van der Waals surface area (Å²) in [5, 5.41) is 26.7. The number of hydrogen-bond donors (Lipinski definition) is 3. The largest absolute Gasteiger partial charge is 0.444 e. The molecule has 0 bridgehead atoms. The number of nitrogens with zero attached hydrogens (tertiary/aromatic N) is 3. The molecule has 0 aromatic carbocycles. The van der Waals surface area contributed by atoms with E-state index in [-0.39, 0.29) is 32.0 Å². The molecule has 0 spiro atoms. The van der Waals surface area contributed by atoms with Crippen molar-refractivity contribution in [3.8, 4) is 0 Å². The summed E-state index contributed by atoms with van der Waals surface area (Å²) in [5.41, 5.74) is -1.34. The number of aliphatic hydroxyl groups excluding tert-OH is 1. The van der Waals surface area contributed by atoms with Crippen LogP contribution >= 0.6 is 0 Å². The van der Waals surface area contributed by atoms with Gasteiger partial charge in [-0.25, -0.2) is 14.2 Å². The van der Waals surface area contributed by atoms with Crippen LogP contribution in [0.4, 0.5) is 15.5 Å². The van der Waals surface area contributed by atoms with Crippen molar-refractivity contribution < 1.29 is 29.1 Å². The van der Waals surface area contributed by atoms with Crippen LogP contribution in [0, 0.1) is 16.0 Å². The van der Waals surface area contributed by atoms with E-state index in [9.17, 15) is 24.8 Å². The SMILES string of the molecule is CC(C)(C)OC(=O)NCC(CNC(=O)OC(C)(C)C)CC(O)Cn1ccnc1[N+](=O)[O-]. The molecule has 31 heavy (non-hydrogen) atoms. The van der Waals surface area contributed by atoms with E-state index in [0.717, 1.165) is 0 Å². The Labute approximate surface area is 181 Å². The maximum absolute atomic E-state index is 12.0. The van der Waals surface area contributed by atoms with Gasteiger partial charge in [0.05, 0.1) is 12.6 Å². The molecule has 1 rings (SSSR count). The second-order valence-corrected chi connectivity index (χ2v) is 9.16. The Hall–Kier alpha value is -2.89. The van der Waals surface area contributed by atoms with Gasteiger partial charge in [-0.2, -0.15) is 0 Å². The van der Waals surface area contributed by atoms with E-state index in [1.807, 2.05) is 0 Å². The summed E-state index contributed by atoms with van der Waals surface area (Å²) < 4.78 is 11.6. The lowest BCUT2D eigenvalue weighted by Crippen LogP contribution is -2.41. The Balaban J connectivity index is 2.73. The second kappa shape index (κ2) is 10.9. The van der Waals surface area contributed by atoms with Crippen LogP contribution in [0.5, 0.6) is 0 Å². The van der Waals surface area contributed by atoms with Gasteiger partial charge >= 0.3 is 18.1 Å². The maximum Gasteiger partial charge on any atom is 0.434 e. The molecule has 0 aliphatic rings. The summed E-state index contributed by atoms with van der Waals surface area (Å²) >= 11 is 0. The van der Waals surface area contributed by atoms with E-state index in [1.54, 1.807) is 41.5 Å². The van der Waals surface area contributed by atoms with Crippen LogP contribution in [-0.2, 0) is 16.0 Å². The minimum absolute atomic E-state index is 0.0638. The standard InChI is InChI=1S/C19H33N5O7/c1-18(2,3)30-16(26)21-10-13(11-22-17(27)31-19(4,5)6)9-14(25)12-23-8-7-20-15(23)24(28)29/h7-8,13-14,25H,9-12H2,1-6H3,(H,21,26)(H,22,27). The molecular formula is C19H33N5O7. The Morgan fingerprint density at radius 1 is 1.13 bits per heavy atom. The fraction of sp³-hybridized carbons (Fsp3) is 0.737. The molecule has 1 atom stereocenters. The van der Waals surface area contributed by atoms with Crippen molar-refractivity contribution in [1.29, 1.82) is 0 Å². The fourth-order valence-corrected chi connectivity index (χ4v) is 2.62. The van der Waals surface area contributed by atoms with Crippen LogP contribution in [0.25, 0.3) is 0 Å². The number of ether oxygens (including phenoxy) is 2. The van der Waals surface area contributed by atoms with E-state index < -0.39 is 40.3 Å². The fourth-order valence-electron chi connectivity index (χ4n) is 2.62. The predicted molar refractivity (Wildman–Crippen MR) is 111 cm³/mol. The number of carbonyl (C=O) groups excluding carboxylic acids is 2. The highest BCUT2D eigenvalue weighted by Crippen LogP contribution is 2.14. The lowest BCUT2D eigenvalue weighted by Gasteiger charge is -2.24. The van der Waals surface area contributed by atoms with Gasteiger partial charge in [-0.1, -0.05) is 4.98 Å². The summed E-state index contributed by atoms with van der Waals surface area (Å²) in [7, 11) is 0. The van der Waals surface area contributed by atoms with Gasteiger partial charge in [0.1, 0.15) is 23.6 Å². The summed E-state index contributed by atoms with van der Waals surface area (Å²) in [4.78, 5) is 37.9. The van der Waals surface area contributed by atoms with E-state index in [2.05, 4.69) is 15.6 Å². The Morgan fingerprint density at radius 3 is 2.03 bits per heavy atom. The predicted octanol–water partition coefficient (Wildman–Crippen LogP) is 2.21.